The Hall–Kier alpha value is -3.48. The van der Waals surface area contributed by atoms with Gasteiger partial charge in [0.1, 0.15) is 17.2 Å². The van der Waals surface area contributed by atoms with E-state index in [0.717, 1.165) is 16.8 Å². The highest BCUT2D eigenvalue weighted by molar-refractivity contribution is 5.75. The van der Waals surface area contributed by atoms with Crippen LogP contribution in [0.2, 0.25) is 0 Å². The summed E-state index contributed by atoms with van der Waals surface area (Å²) in [5, 5.41) is 7.68. The summed E-state index contributed by atoms with van der Waals surface area (Å²) < 4.78 is 13.3. The summed E-state index contributed by atoms with van der Waals surface area (Å²) in [6.07, 6.45) is 0. The van der Waals surface area contributed by atoms with Crippen LogP contribution in [0.3, 0.4) is 0 Å². The van der Waals surface area contributed by atoms with Crippen LogP contribution in [0, 0.1) is 5.92 Å². The topological polar surface area (TPSA) is 68.6 Å². The molecule has 0 unspecified atom stereocenters. The van der Waals surface area contributed by atoms with Crippen LogP contribution in [0.25, 0.3) is 11.3 Å². The van der Waals surface area contributed by atoms with Crippen LogP contribution in [0.5, 0.6) is 17.4 Å². The molecule has 0 aliphatic carbocycles. The van der Waals surface area contributed by atoms with Crippen molar-refractivity contribution in [2.75, 3.05) is 20.2 Å². The number of amides is 2. The molecule has 0 saturated carbocycles. The molecule has 2 aromatic carbocycles. The fraction of sp³-hybridized carbons (Fsp3) is 0.360. The largest absolute Gasteiger partial charge is 0.497 e. The summed E-state index contributed by atoms with van der Waals surface area (Å²) in [5.41, 5.74) is 2.62. The van der Waals surface area contributed by atoms with E-state index < -0.39 is 0 Å². The average molecular weight is 437 g/mol. The minimum Gasteiger partial charge on any atom is -0.497 e. The van der Waals surface area contributed by atoms with E-state index in [9.17, 15) is 4.79 Å². The van der Waals surface area contributed by atoms with Crippen LogP contribution in [0.15, 0.2) is 54.6 Å². The van der Waals surface area contributed by atoms with Gasteiger partial charge in [-0.3, -0.25) is 0 Å². The zero-order chi connectivity index (χ0) is 23.1. The van der Waals surface area contributed by atoms with Crippen molar-refractivity contribution in [2.45, 2.75) is 27.3 Å². The summed E-state index contributed by atoms with van der Waals surface area (Å²) in [4.78, 5) is 14.6. The number of benzene rings is 2. The third kappa shape index (κ3) is 5.60. The van der Waals surface area contributed by atoms with E-state index in [1.807, 2.05) is 73.5 Å². The van der Waals surface area contributed by atoms with Gasteiger partial charge in [0, 0.05) is 31.8 Å². The number of rotatable bonds is 9. The number of methoxy groups -OCH3 is 1. The molecule has 2 amide bonds. The molecule has 0 atom stereocenters. The average Bonchev–Trinajstić information content (AvgIpc) is 3.09. The van der Waals surface area contributed by atoms with Gasteiger partial charge in [-0.05, 0) is 25.0 Å². The number of nitrogens with zero attached hydrogens (tertiary/aromatic N) is 3. The van der Waals surface area contributed by atoms with Crippen molar-refractivity contribution < 1.29 is 14.3 Å². The second-order valence-corrected chi connectivity index (χ2v) is 8.01. The lowest BCUT2D eigenvalue weighted by atomic mass is 10.1. The molecule has 0 aliphatic heterocycles. The first-order valence-corrected chi connectivity index (χ1v) is 10.9. The Morgan fingerprint density at radius 2 is 1.84 bits per heavy atom. The summed E-state index contributed by atoms with van der Waals surface area (Å²) in [5.74, 6) is 2.26. The summed E-state index contributed by atoms with van der Waals surface area (Å²) in [6.45, 7) is 7.68. The molecule has 0 aliphatic rings. The zero-order valence-corrected chi connectivity index (χ0v) is 19.5. The number of carbonyl (C=O) groups excluding carboxylic acids is 1. The predicted molar refractivity (Wildman–Crippen MR) is 126 cm³/mol. The van der Waals surface area contributed by atoms with Gasteiger partial charge in [-0.25, -0.2) is 9.48 Å². The van der Waals surface area contributed by atoms with E-state index in [-0.39, 0.29) is 6.03 Å². The number of hydrogen-bond donors (Lipinski definition) is 1. The van der Waals surface area contributed by atoms with Gasteiger partial charge in [0.25, 0.3) is 0 Å². The SMILES string of the molecule is CCNC(=O)N(Cc1c(-c2ccccc2)nn(C)c1Oc1cccc(OC)c1)CC(C)C. The first-order chi connectivity index (χ1) is 15.4. The Labute approximate surface area is 190 Å². The van der Waals surface area contributed by atoms with Gasteiger partial charge in [0.15, 0.2) is 0 Å². The van der Waals surface area contributed by atoms with Crippen LogP contribution in [-0.2, 0) is 13.6 Å². The van der Waals surface area contributed by atoms with E-state index in [0.29, 0.717) is 42.9 Å². The van der Waals surface area contributed by atoms with Crippen LogP contribution >= 0.6 is 0 Å². The molecule has 32 heavy (non-hydrogen) atoms. The van der Waals surface area contributed by atoms with Crippen molar-refractivity contribution in [3.05, 3.63) is 60.2 Å². The monoisotopic (exact) mass is 436 g/mol. The molecule has 0 spiro atoms. The third-order valence-electron chi connectivity index (χ3n) is 4.94. The number of aryl methyl sites for hydroxylation is 1. The van der Waals surface area contributed by atoms with Gasteiger partial charge in [-0.15, -0.1) is 0 Å². The fourth-order valence-electron chi connectivity index (χ4n) is 3.54. The second-order valence-electron chi connectivity index (χ2n) is 8.01. The summed E-state index contributed by atoms with van der Waals surface area (Å²) in [7, 11) is 3.47. The minimum absolute atomic E-state index is 0.101. The number of ether oxygens (including phenoxy) is 2. The van der Waals surface area contributed by atoms with Gasteiger partial charge >= 0.3 is 6.03 Å². The summed E-state index contributed by atoms with van der Waals surface area (Å²) >= 11 is 0. The minimum atomic E-state index is -0.101. The molecule has 1 N–H and O–H groups in total. The van der Waals surface area contributed by atoms with E-state index in [2.05, 4.69) is 19.2 Å². The lowest BCUT2D eigenvalue weighted by Crippen LogP contribution is -2.41. The van der Waals surface area contributed by atoms with E-state index in [1.165, 1.54) is 0 Å². The summed E-state index contributed by atoms with van der Waals surface area (Å²) in [6, 6.07) is 17.3. The number of urea groups is 1. The molecular formula is C25H32N4O3. The normalized spacial score (nSPS) is 10.8. The van der Waals surface area contributed by atoms with Crippen LogP contribution in [-0.4, -0.2) is 40.9 Å². The second kappa shape index (κ2) is 10.7. The van der Waals surface area contributed by atoms with Crippen molar-refractivity contribution in [3.63, 3.8) is 0 Å². The first kappa shape index (κ1) is 23.2. The smallest absolute Gasteiger partial charge is 0.317 e. The predicted octanol–water partition coefficient (Wildman–Crippen LogP) is 5.08. The Morgan fingerprint density at radius 3 is 2.50 bits per heavy atom. The van der Waals surface area contributed by atoms with Crippen molar-refractivity contribution >= 4 is 6.03 Å². The molecule has 0 saturated heterocycles. The molecular weight excluding hydrogens is 404 g/mol. The standard InChI is InChI=1S/C25H32N4O3/c1-6-26-25(30)29(16-18(2)3)17-22-23(19-11-8-7-9-12-19)27-28(4)24(22)32-21-14-10-13-20(15-21)31-5/h7-15,18H,6,16-17H2,1-5H3,(H,26,30). The highest BCUT2D eigenvalue weighted by atomic mass is 16.5. The molecule has 3 rings (SSSR count). The van der Waals surface area contributed by atoms with Crippen molar-refractivity contribution in [1.29, 1.82) is 0 Å². The van der Waals surface area contributed by atoms with Gasteiger partial charge in [0.2, 0.25) is 5.88 Å². The van der Waals surface area contributed by atoms with Crippen LogP contribution in [0.1, 0.15) is 26.3 Å². The Balaban J connectivity index is 2.06. The van der Waals surface area contributed by atoms with Crippen LogP contribution in [0.4, 0.5) is 4.79 Å². The third-order valence-corrected chi connectivity index (χ3v) is 4.94. The van der Waals surface area contributed by atoms with Crippen molar-refractivity contribution in [2.24, 2.45) is 13.0 Å². The highest BCUT2D eigenvalue weighted by Crippen LogP contribution is 2.35. The molecule has 0 bridgehead atoms. The fourth-order valence-corrected chi connectivity index (χ4v) is 3.54. The molecule has 0 fully saturated rings. The first-order valence-electron chi connectivity index (χ1n) is 10.9. The highest BCUT2D eigenvalue weighted by Gasteiger charge is 2.24. The Bertz CT molecular complexity index is 1030. The van der Waals surface area contributed by atoms with E-state index in [1.54, 1.807) is 11.8 Å². The van der Waals surface area contributed by atoms with Gasteiger partial charge in [-0.1, -0.05) is 50.2 Å². The molecule has 7 nitrogen and oxygen atoms in total. The Kier molecular flexibility index (Phi) is 7.76. The maximum Gasteiger partial charge on any atom is 0.317 e. The van der Waals surface area contributed by atoms with Gasteiger partial charge < -0.3 is 19.7 Å². The van der Waals surface area contributed by atoms with E-state index >= 15 is 0 Å². The van der Waals surface area contributed by atoms with E-state index in [4.69, 9.17) is 14.6 Å². The lowest BCUT2D eigenvalue weighted by molar-refractivity contribution is 0.188. The number of carbonyl (C=O) groups is 1. The maximum atomic E-state index is 12.8. The lowest BCUT2D eigenvalue weighted by Gasteiger charge is -2.25. The van der Waals surface area contributed by atoms with Gasteiger partial charge in [-0.2, -0.15) is 5.10 Å². The molecule has 1 heterocycles. The van der Waals surface area contributed by atoms with Crippen LogP contribution < -0.4 is 14.8 Å². The van der Waals surface area contributed by atoms with Gasteiger partial charge in [0.05, 0.1) is 19.2 Å². The number of aromatic nitrogens is 2. The van der Waals surface area contributed by atoms with Crippen molar-refractivity contribution in [1.82, 2.24) is 20.0 Å². The quantitative estimate of drug-likeness (QED) is 0.508. The number of hydrogen-bond acceptors (Lipinski definition) is 4. The maximum absolute atomic E-state index is 12.8. The Morgan fingerprint density at radius 1 is 1.12 bits per heavy atom. The molecule has 7 heteroatoms. The molecule has 170 valence electrons. The molecule has 3 aromatic rings. The molecule has 0 radical (unpaired) electrons. The molecule has 1 aromatic heterocycles. The number of nitrogens with one attached hydrogen (secondary N) is 1. The van der Waals surface area contributed by atoms with Crippen molar-refractivity contribution in [3.8, 4) is 28.6 Å². The zero-order valence-electron chi connectivity index (χ0n) is 19.5.